The van der Waals surface area contributed by atoms with Crippen LogP contribution in [0.1, 0.15) is 16.7 Å². The van der Waals surface area contributed by atoms with Gasteiger partial charge < -0.3 is 5.11 Å². The first-order valence-electron chi connectivity index (χ1n) is 7.75. The number of anilines is 1. The van der Waals surface area contributed by atoms with Crippen molar-refractivity contribution in [2.75, 3.05) is 4.90 Å². The highest BCUT2D eigenvalue weighted by atomic mass is 19.1. The first kappa shape index (κ1) is 17.3. The number of urea groups is 1. The maximum absolute atomic E-state index is 13.4. The third-order valence-corrected chi connectivity index (χ3v) is 3.99. The summed E-state index contributed by atoms with van der Waals surface area (Å²) in [6.07, 6.45) is 1.33. The number of phenolic OH excluding ortho intramolecular Hbond substituents is 1. The zero-order valence-electron chi connectivity index (χ0n) is 14.0. The van der Waals surface area contributed by atoms with Gasteiger partial charge in [0.15, 0.2) is 0 Å². The molecule has 0 spiro atoms. The molecule has 1 heterocycles. The summed E-state index contributed by atoms with van der Waals surface area (Å²) in [6.45, 7) is 3.38. The Hall–Kier alpha value is -3.48. The molecular weight excluding hydrogens is 339 g/mol. The van der Waals surface area contributed by atoms with E-state index in [4.69, 9.17) is 0 Å². The van der Waals surface area contributed by atoms with E-state index in [0.717, 1.165) is 6.07 Å². The molecular formula is C19H15FN2O4. The van der Waals surface area contributed by atoms with Gasteiger partial charge >= 0.3 is 6.03 Å². The summed E-state index contributed by atoms with van der Waals surface area (Å²) >= 11 is 0. The lowest BCUT2D eigenvalue weighted by Crippen LogP contribution is -2.54. The Morgan fingerprint density at radius 2 is 1.73 bits per heavy atom. The number of hydrogen-bond acceptors (Lipinski definition) is 4. The second kappa shape index (κ2) is 6.44. The number of aryl methyl sites for hydroxylation is 2. The van der Waals surface area contributed by atoms with Crippen molar-refractivity contribution in [3.05, 3.63) is 64.5 Å². The van der Waals surface area contributed by atoms with Gasteiger partial charge in [-0.3, -0.25) is 14.9 Å². The third kappa shape index (κ3) is 3.06. The van der Waals surface area contributed by atoms with Crippen LogP contribution in [0.2, 0.25) is 0 Å². The van der Waals surface area contributed by atoms with E-state index < -0.39 is 23.7 Å². The van der Waals surface area contributed by atoms with E-state index in [1.807, 2.05) is 0 Å². The maximum atomic E-state index is 13.4. The average Bonchev–Trinajstić information content (AvgIpc) is 2.56. The Labute approximate surface area is 148 Å². The average molecular weight is 354 g/mol. The maximum Gasteiger partial charge on any atom is 0.335 e. The number of halogens is 1. The summed E-state index contributed by atoms with van der Waals surface area (Å²) < 4.78 is 13.4. The van der Waals surface area contributed by atoms with Gasteiger partial charge in [0.2, 0.25) is 0 Å². The predicted octanol–water partition coefficient (Wildman–Crippen LogP) is 2.81. The number of nitrogens with one attached hydrogen (secondary N) is 1. The molecule has 4 amide bonds. The van der Waals surface area contributed by atoms with E-state index in [1.54, 1.807) is 26.0 Å². The monoisotopic (exact) mass is 354 g/mol. The van der Waals surface area contributed by atoms with E-state index in [2.05, 4.69) is 5.32 Å². The van der Waals surface area contributed by atoms with Crippen molar-refractivity contribution in [1.29, 1.82) is 0 Å². The van der Waals surface area contributed by atoms with Crippen molar-refractivity contribution >= 4 is 29.6 Å². The molecule has 2 aromatic rings. The van der Waals surface area contributed by atoms with Crippen LogP contribution >= 0.6 is 0 Å². The first-order chi connectivity index (χ1) is 12.3. The number of nitrogens with zero attached hydrogens (tertiary/aromatic N) is 1. The summed E-state index contributed by atoms with van der Waals surface area (Å²) in [5, 5.41) is 11.9. The molecule has 0 aliphatic carbocycles. The van der Waals surface area contributed by atoms with Gasteiger partial charge in [0.05, 0.1) is 5.69 Å². The van der Waals surface area contributed by atoms with Crippen molar-refractivity contribution < 1.29 is 23.9 Å². The van der Waals surface area contributed by atoms with Crippen molar-refractivity contribution in [1.82, 2.24) is 5.32 Å². The van der Waals surface area contributed by atoms with Crippen LogP contribution < -0.4 is 10.2 Å². The SMILES string of the molecule is Cc1cc(C=C2C(=O)NC(=O)N(c3cccc(F)c3)C2=O)cc(C)c1O. The highest BCUT2D eigenvalue weighted by Gasteiger charge is 2.36. The lowest BCUT2D eigenvalue weighted by molar-refractivity contribution is -0.122. The number of benzene rings is 2. The van der Waals surface area contributed by atoms with Gasteiger partial charge in [-0.2, -0.15) is 0 Å². The fraction of sp³-hybridized carbons (Fsp3) is 0.105. The van der Waals surface area contributed by atoms with Gasteiger partial charge in [-0.15, -0.1) is 0 Å². The minimum atomic E-state index is -0.944. The summed E-state index contributed by atoms with van der Waals surface area (Å²) in [4.78, 5) is 37.6. The molecule has 1 saturated heterocycles. The van der Waals surface area contributed by atoms with Gasteiger partial charge in [0, 0.05) is 0 Å². The van der Waals surface area contributed by atoms with Crippen molar-refractivity contribution in [2.45, 2.75) is 13.8 Å². The number of imide groups is 2. The normalized spacial score (nSPS) is 16.2. The van der Waals surface area contributed by atoms with Crippen LogP contribution in [-0.4, -0.2) is 23.0 Å². The highest BCUT2D eigenvalue weighted by Crippen LogP contribution is 2.26. The smallest absolute Gasteiger partial charge is 0.335 e. The van der Waals surface area contributed by atoms with E-state index in [0.29, 0.717) is 21.6 Å². The minimum Gasteiger partial charge on any atom is -0.507 e. The molecule has 6 nitrogen and oxygen atoms in total. The van der Waals surface area contributed by atoms with Gasteiger partial charge in [0.25, 0.3) is 11.8 Å². The van der Waals surface area contributed by atoms with Crippen LogP contribution in [0.4, 0.5) is 14.9 Å². The molecule has 2 N–H and O–H groups in total. The van der Waals surface area contributed by atoms with Crippen LogP contribution in [0.25, 0.3) is 6.08 Å². The number of aromatic hydroxyl groups is 1. The van der Waals surface area contributed by atoms with Gasteiger partial charge in [0.1, 0.15) is 17.1 Å². The predicted molar refractivity (Wildman–Crippen MR) is 93.0 cm³/mol. The van der Waals surface area contributed by atoms with Gasteiger partial charge in [-0.1, -0.05) is 6.07 Å². The quantitative estimate of drug-likeness (QED) is 0.641. The zero-order valence-corrected chi connectivity index (χ0v) is 14.0. The molecule has 1 aliphatic rings. The van der Waals surface area contributed by atoms with Crippen LogP contribution in [0.15, 0.2) is 42.0 Å². The molecule has 0 bridgehead atoms. The molecule has 0 unspecified atom stereocenters. The van der Waals surface area contributed by atoms with Crippen LogP contribution in [0.3, 0.4) is 0 Å². The molecule has 2 aromatic carbocycles. The van der Waals surface area contributed by atoms with E-state index in [-0.39, 0.29) is 17.0 Å². The summed E-state index contributed by atoms with van der Waals surface area (Å²) in [5.41, 5.74) is 1.43. The van der Waals surface area contributed by atoms with Crippen molar-refractivity contribution in [3.8, 4) is 5.75 Å². The number of rotatable bonds is 2. The Balaban J connectivity index is 2.06. The van der Waals surface area contributed by atoms with Crippen LogP contribution in [0.5, 0.6) is 5.75 Å². The number of barbiturate groups is 1. The Kier molecular flexibility index (Phi) is 4.29. The van der Waals surface area contributed by atoms with E-state index >= 15 is 0 Å². The second-order valence-electron chi connectivity index (χ2n) is 5.94. The molecule has 26 heavy (non-hydrogen) atoms. The standard InChI is InChI=1S/C19H15FN2O4/c1-10-6-12(7-11(2)16(10)23)8-15-17(24)21-19(26)22(18(15)25)14-5-3-4-13(20)9-14/h3-9,23H,1-2H3,(H,21,24,26). The number of carbonyl (C=O) groups excluding carboxylic acids is 3. The van der Waals surface area contributed by atoms with Crippen LogP contribution in [-0.2, 0) is 9.59 Å². The Bertz CT molecular complexity index is 958. The second-order valence-corrected chi connectivity index (χ2v) is 5.94. The summed E-state index contributed by atoms with van der Waals surface area (Å²) in [7, 11) is 0. The fourth-order valence-electron chi connectivity index (χ4n) is 2.75. The molecule has 0 saturated carbocycles. The first-order valence-corrected chi connectivity index (χ1v) is 7.75. The lowest BCUT2D eigenvalue weighted by atomic mass is 10.0. The number of phenols is 1. The number of amides is 4. The molecule has 7 heteroatoms. The molecule has 1 aliphatic heterocycles. The molecule has 0 aromatic heterocycles. The molecule has 0 atom stereocenters. The largest absolute Gasteiger partial charge is 0.507 e. The Morgan fingerprint density at radius 3 is 2.35 bits per heavy atom. The topological polar surface area (TPSA) is 86.7 Å². The highest BCUT2D eigenvalue weighted by molar-refractivity contribution is 6.39. The Morgan fingerprint density at radius 1 is 1.08 bits per heavy atom. The molecule has 1 fully saturated rings. The fourth-order valence-corrected chi connectivity index (χ4v) is 2.75. The molecule has 0 radical (unpaired) electrons. The van der Waals surface area contributed by atoms with Gasteiger partial charge in [-0.05, 0) is 66.9 Å². The zero-order chi connectivity index (χ0) is 19.0. The summed E-state index contributed by atoms with van der Waals surface area (Å²) in [6, 6.07) is 7.23. The van der Waals surface area contributed by atoms with Crippen molar-refractivity contribution in [3.63, 3.8) is 0 Å². The van der Waals surface area contributed by atoms with Gasteiger partial charge in [-0.25, -0.2) is 14.1 Å². The van der Waals surface area contributed by atoms with E-state index in [9.17, 15) is 23.9 Å². The number of carbonyl (C=O) groups is 3. The summed E-state index contributed by atoms with van der Waals surface area (Å²) in [5.74, 6) is -2.18. The molecule has 132 valence electrons. The minimum absolute atomic E-state index is 0.0176. The van der Waals surface area contributed by atoms with Crippen molar-refractivity contribution in [2.24, 2.45) is 0 Å². The van der Waals surface area contributed by atoms with E-state index in [1.165, 1.54) is 24.3 Å². The van der Waals surface area contributed by atoms with Crippen LogP contribution in [0, 0.1) is 19.7 Å². The third-order valence-electron chi connectivity index (χ3n) is 3.99. The molecule has 3 rings (SSSR count). The number of hydrogen-bond donors (Lipinski definition) is 2. The lowest BCUT2D eigenvalue weighted by Gasteiger charge is -2.26.